The number of aryl methyl sites for hydroxylation is 1. The Labute approximate surface area is 154 Å². The molecule has 1 fully saturated rings. The molecule has 3 aromatic rings. The lowest BCUT2D eigenvalue weighted by atomic mass is 10.2. The number of hydrogen-bond donors (Lipinski definition) is 0. The number of hydrogen-bond acceptors (Lipinski definition) is 4. The molecule has 0 spiro atoms. The molecule has 0 N–H and O–H groups in total. The van der Waals surface area contributed by atoms with Crippen LogP contribution in [0.3, 0.4) is 0 Å². The van der Waals surface area contributed by atoms with Crippen LogP contribution >= 0.6 is 0 Å². The Kier molecular flexibility index (Phi) is 5.18. The minimum absolute atomic E-state index is 0.746. The van der Waals surface area contributed by atoms with Gasteiger partial charge in [0.25, 0.3) is 0 Å². The first-order valence-corrected chi connectivity index (χ1v) is 9.33. The van der Waals surface area contributed by atoms with Crippen LogP contribution in [0.1, 0.15) is 11.3 Å². The van der Waals surface area contributed by atoms with E-state index in [0.29, 0.717) is 0 Å². The molecule has 0 aliphatic carbocycles. The van der Waals surface area contributed by atoms with Gasteiger partial charge in [0.15, 0.2) is 0 Å². The van der Waals surface area contributed by atoms with E-state index in [1.54, 1.807) is 0 Å². The van der Waals surface area contributed by atoms with E-state index < -0.39 is 0 Å². The Morgan fingerprint density at radius 2 is 1.73 bits per heavy atom. The maximum atomic E-state index is 5.85. The summed E-state index contributed by atoms with van der Waals surface area (Å²) < 4.78 is 7.94. The van der Waals surface area contributed by atoms with E-state index in [1.165, 1.54) is 5.56 Å². The van der Waals surface area contributed by atoms with Crippen molar-refractivity contribution in [3.8, 4) is 5.75 Å². The standard InChI is InChI=1S/C21H26N4O/c1-18-5-7-20(8-6-18)26-15-14-23-10-12-24(13-11-23)16-19-17-25-9-3-2-4-21(25)22-19/h2-9,17H,10-16H2,1H3. The Bertz CT molecular complexity index is 802. The fourth-order valence-electron chi connectivity index (χ4n) is 3.39. The zero-order valence-electron chi connectivity index (χ0n) is 15.3. The van der Waals surface area contributed by atoms with Gasteiger partial charge in [0.1, 0.15) is 18.0 Å². The third kappa shape index (κ3) is 4.23. The van der Waals surface area contributed by atoms with Crippen molar-refractivity contribution in [1.29, 1.82) is 0 Å². The molecule has 26 heavy (non-hydrogen) atoms. The highest BCUT2D eigenvalue weighted by Gasteiger charge is 2.17. The Morgan fingerprint density at radius 3 is 2.50 bits per heavy atom. The number of rotatable bonds is 6. The van der Waals surface area contributed by atoms with Gasteiger partial charge in [-0.3, -0.25) is 9.80 Å². The maximum Gasteiger partial charge on any atom is 0.137 e. The summed E-state index contributed by atoms with van der Waals surface area (Å²) >= 11 is 0. The van der Waals surface area contributed by atoms with E-state index >= 15 is 0 Å². The van der Waals surface area contributed by atoms with Crippen molar-refractivity contribution in [2.24, 2.45) is 0 Å². The molecule has 0 amide bonds. The van der Waals surface area contributed by atoms with Gasteiger partial charge in [-0.2, -0.15) is 0 Å². The van der Waals surface area contributed by atoms with E-state index in [4.69, 9.17) is 9.72 Å². The lowest BCUT2D eigenvalue weighted by Crippen LogP contribution is -2.47. The molecule has 5 nitrogen and oxygen atoms in total. The molecule has 0 unspecified atom stereocenters. The molecule has 1 aromatic carbocycles. The fraction of sp³-hybridized carbons (Fsp3) is 0.381. The Morgan fingerprint density at radius 1 is 0.962 bits per heavy atom. The van der Waals surface area contributed by atoms with Gasteiger partial charge in [-0.15, -0.1) is 0 Å². The number of benzene rings is 1. The molecule has 0 bridgehead atoms. The minimum atomic E-state index is 0.746. The van der Waals surface area contributed by atoms with Gasteiger partial charge >= 0.3 is 0 Å². The molecular formula is C21H26N4O. The van der Waals surface area contributed by atoms with Crippen LogP contribution in [0, 0.1) is 6.92 Å². The molecule has 136 valence electrons. The van der Waals surface area contributed by atoms with E-state index in [9.17, 15) is 0 Å². The fourth-order valence-corrected chi connectivity index (χ4v) is 3.39. The number of ether oxygens (including phenoxy) is 1. The predicted octanol–water partition coefficient (Wildman–Crippen LogP) is 2.84. The summed E-state index contributed by atoms with van der Waals surface area (Å²) in [5, 5.41) is 0. The predicted molar refractivity (Wildman–Crippen MR) is 104 cm³/mol. The Hall–Kier alpha value is -2.37. The average molecular weight is 350 g/mol. The molecule has 0 atom stereocenters. The molecule has 2 aromatic heterocycles. The van der Waals surface area contributed by atoms with Gasteiger partial charge in [0.2, 0.25) is 0 Å². The molecule has 1 aliphatic rings. The summed E-state index contributed by atoms with van der Waals surface area (Å²) in [6.07, 6.45) is 4.19. The van der Waals surface area contributed by atoms with Crippen LogP contribution in [0.15, 0.2) is 54.9 Å². The summed E-state index contributed by atoms with van der Waals surface area (Å²) in [4.78, 5) is 9.67. The van der Waals surface area contributed by atoms with Gasteiger partial charge in [0, 0.05) is 51.7 Å². The average Bonchev–Trinajstić information content (AvgIpc) is 3.07. The molecule has 1 saturated heterocycles. The zero-order valence-corrected chi connectivity index (χ0v) is 15.3. The summed E-state index contributed by atoms with van der Waals surface area (Å²) in [7, 11) is 0. The molecule has 3 heterocycles. The van der Waals surface area contributed by atoms with Crippen LogP contribution in [0.4, 0.5) is 0 Å². The number of pyridine rings is 1. The van der Waals surface area contributed by atoms with Gasteiger partial charge in [0.05, 0.1) is 5.69 Å². The summed E-state index contributed by atoms with van der Waals surface area (Å²) in [5.41, 5.74) is 3.43. The van der Waals surface area contributed by atoms with Gasteiger partial charge < -0.3 is 9.14 Å². The lowest BCUT2D eigenvalue weighted by Gasteiger charge is -2.34. The van der Waals surface area contributed by atoms with Crippen molar-refractivity contribution in [2.75, 3.05) is 39.3 Å². The molecule has 5 heteroatoms. The van der Waals surface area contributed by atoms with Gasteiger partial charge in [-0.05, 0) is 31.2 Å². The van der Waals surface area contributed by atoms with Crippen LogP contribution in [0.5, 0.6) is 5.75 Å². The molecule has 4 rings (SSSR count). The van der Waals surface area contributed by atoms with Crippen molar-refractivity contribution in [3.05, 3.63) is 66.1 Å². The second-order valence-corrected chi connectivity index (χ2v) is 6.98. The van der Waals surface area contributed by atoms with Gasteiger partial charge in [-0.1, -0.05) is 23.8 Å². The quantitative estimate of drug-likeness (QED) is 0.684. The third-order valence-electron chi connectivity index (χ3n) is 4.96. The van der Waals surface area contributed by atoms with Crippen LogP contribution in [-0.4, -0.2) is 58.5 Å². The molecule has 0 saturated carbocycles. The SMILES string of the molecule is Cc1ccc(OCCN2CCN(Cc3cn4ccccc4n3)CC2)cc1. The number of piperazine rings is 1. The first kappa shape index (κ1) is 17.1. The maximum absolute atomic E-state index is 5.85. The minimum Gasteiger partial charge on any atom is -0.492 e. The topological polar surface area (TPSA) is 33.0 Å². The van der Waals surface area contributed by atoms with Crippen molar-refractivity contribution < 1.29 is 4.74 Å². The molecule has 1 aliphatic heterocycles. The summed E-state index contributed by atoms with van der Waals surface area (Å²) in [6.45, 7) is 9.09. The zero-order chi connectivity index (χ0) is 17.8. The first-order valence-electron chi connectivity index (χ1n) is 9.33. The van der Waals surface area contributed by atoms with E-state index in [-0.39, 0.29) is 0 Å². The van der Waals surface area contributed by atoms with Crippen LogP contribution in [-0.2, 0) is 6.54 Å². The molecule has 0 radical (unpaired) electrons. The number of fused-ring (bicyclic) bond motifs is 1. The molecular weight excluding hydrogens is 324 g/mol. The van der Waals surface area contributed by atoms with Crippen LogP contribution < -0.4 is 4.74 Å². The number of aromatic nitrogens is 2. The number of imidazole rings is 1. The van der Waals surface area contributed by atoms with Crippen LogP contribution in [0.2, 0.25) is 0 Å². The van der Waals surface area contributed by atoms with E-state index in [1.807, 2.05) is 24.3 Å². The van der Waals surface area contributed by atoms with Crippen molar-refractivity contribution in [1.82, 2.24) is 19.2 Å². The normalized spacial score (nSPS) is 16.2. The first-order chi connectivity index (χ1) is 12.8. The highest BCUT2D eigenvalue weighted by atomic mass is 16.5. The van der Waals surface area contributed by atoms with Crippen LogP contribution in [0.25, 0.3) is 5.65 Å². The number of nitrogens with zero attached hydrogens (tertiary/aromatic N) is 4. The summed E-state index contributed by atoms with van der Waals surface area (Å²) in [5.74, 6) is 0.959. The second kappa shape index (κ2) is 7.89. The van der Waals surface area contributed by atoms with E-state index in [0.717, 1.165) is 63.0 Å². The van der Waals surface area contributed by atoms with Crippen molar-refractivity contribution >= 4 is 5.65 Å². The lowest BCUT2D eigenvalue weighted by molar-refractivity contribution is 0.112. The van der Waals surface area contributed by atoms with Crippen molar-refractivity contribution in [3.63, 3.8) is 0 Å². The third-order valence-corrected chi connectivity index (χ3v) is 4.96. The Balaban J connectivity index is 1.20. The van der Waals surface area contributed by atoms with E-state index in [2.05, 4.69) is 51.7 Å². The largest absolute Gasteiger partial charge is 0.492 e. The second-order valence-electron chi connectivity index (χ2n) is 6.98. The van der Waals surface area contributed by atoms with Crippen molar-refractivity contribution in [2.45, 2.75) is 13.5 Å². The highest BCUT2D eigenvalue weighted by Crippen LogP contribution is 2.12. The monoisotopic (exact) mass is 350 g/mol. The highest BCUT2D eigenvalue weighted by molar-refractivity contribution is 5.39. The van der Waals surface area contributed by atoms with Gasteiger partial charge in [-0.25, -0.2) is 4.98 Å². The summed E-state index contributed by atoms with van der Waals surface area (Å²) in [6, 6.07) is 14.4. The smallest absolute Gasteiger partial charge is 0.137 e.